The van der Waals surface area contributed by atoms with Crippen LogP contribution in [0.3, 0.4) is 0 Å². The minimum absolute atomic E-state index is 0.162. The summed E-state index contributed by atoms with van der Waals surface area (Å²) in [5.41, 5.74) is 1.72. The van der Waals surface area contributed by atoms with Crippen LogP contribution in [0.15, 0.2) is 42.6 Å². The van der Waals surface area contributed by atoms with Crippen molar-refractivity contribution in [1.29, 1.82) is 0 Å². The molecule has 21 heavy (non-hydrogen) atoms. The van der Waals surface area contributed by atoms with Gasteiger partial charge < -0.3 is 9.67 Å². The molecule has 0 bridgehead atoms. The highest BCUT2D eigenvalue weighted by atomic mass is 19.1. The van der Waals surface area contributed by atoms with E-state index in [1.165, 1.54) is 24.3 Å². The summed E-state index contributed by atoms with van der Waals surface area (Å²) in [7, 11) is 1.75. The number of carboxylic acid groups (broad SMARTS) is 1. The standard InChI is InChI=1S/C16H11F2NO2/c1-19-8-13(11-5-3-10(17)7-14(11)18)12-4-2-9(16(20)21)6-15(12)19/h2-8H,1H3,(H,20,21). The first kappa shape index (κ1) is 13.3. The molecule has 0 aliphatic rings. The van der Waals surface area contributed by atoms with Crippen LogP contribution in [0.25, 0.3) is 22.0 Å². The fourth-order valence-corrected chi connectivity index (χ4v) is 2.44. The van der Waals surface area contributed by atoms with Crippen molar-refractivity contribution in [3.05, 3.63) is 59.8 Å². The summed E-state index contributed by atoms with van der Waals surface area (Å²) in [6, 6.07) is 8.04. The highest BCUT2D eigenvalue weighted by Crippen LogP contribution is 2.32. The van der Waals surface area contributed by atoms with E-state index in [4.69, 9.17) is 5.11 Å². The number of hydrogen-bond donors (Lipinski definition) is 1. The lowest BCUT2D eigenvalue weighted by atomic mass is 10.0. The van der Waals surface area contributed by atoms with Crippen LogP contribution in [0.4, 0.5) is 8.78 Å². The van der Waals surface area contributed by atoms with Crippen molar-refractivity contribution in [2.24, 2.45) is 7.05 Å². The van der Waals surface area contributed by atoms with Gasteiger partial charge in [-0.15, -0.1) is 0 Å². The molecule has 3 aromatic rings. The van der Waals surface area contributed by atoms with E-state index in [9.17, 15) is 13.6 Å². The van der Waals surface area contributed by atoms with Gasteiger partial charge in [-0.2, -0.15) is 0 Å². The first-order valence-electron chi connectivity index (χ1n) is 6.25. The molecule has 0 aliphatic carbocycles. The van der Waals surface area contributed by atoms with Crippen LogP contribution in [0, 0.1) is 11.6 Å². The topological polar surface area (TPSA) is 42.2 Å². The van der Waals surface area contributed by atoms with Gasteiger partial charge in [0.2, 0.25) is 0 Å². The lowest BCUT2D eigenvalue weighted by molar-refractivity contribution is 0.0697. The largest absolute Gasteiger partial charge is 0.478 e. The molecule has 0 fully saturated rings. The highest BCUT2D eigenvalue weighted by molar-refractivity contribution is 6.00. The van der Waals surface area contributed by atoms with Gasteiger partial charge in [-0.25, -0.2) is 13.6 Å². The molecule has 106 valence electrons. The van der Waals surface area contributed by atoms with E-state index in [1.807, 2.05) is 0 Å². The number of aromatic nitrogens is 1. The minimum Gasteiger partial charge on any atom is -0.478 e. The zero-order chi connectivity index (χ0) is 15.1. The zero-order valence-electron chi connectivity index (χ0n) is 11.1. The molecule has 5 heteroatoms. The Bertz CT molecular complexity index is 868. The molecule has 0 spiro atoms. The Morgan fingerprint density at radius 2 is 1.86 bits per heavy atom. The Morgan fingerprint density at radius 1 is 1.10 bits per heavy atom. The normalized spacial score (nSPS) is 11.0. The van der Waals surface area contributed by atoms with Crippen LogP contribution in [-0.4, -0.2) is 15.6 Å². The average Bonchev–Trinajstić information content (AvgIpc) is 2.75. The molecular weight excluding hydrogens is 276 g/mol. The van der Waals surface area contributed by atoms with Crippen molar-refractivity contribution in [1.82, 2.24) is 4.57 Å². The predicted octanol–water partition coefficient (Wildman–Crippen LogP) is 3.82. The molecule has 0 saturated carbocycles. The fraction of sp³-hybridized carbons (Fsp3) is 0.0625. The molecule has 1 N–H and O–H groups in total. The fourth-order valence-electron chi connectivity index (χ4n) is 2.44. The van der Waals surface area contributed by atoms with Gasteiger partial charge >= 0.3 is 5.97 Å². The van der Waals surface area contributed by atoms with Crippen molar-refractivity contribution < 1.29 is 18.7 Å². The van der Waals surface area contributed by atoms with Gasteiger partial charge in [0.15, 0.2) is 0 Å². The summed E-state index contributed by atoms with van der Waals surface area (Å²) in [5.74, 6) is -2.30. The van der Waals surface area contributed by atoms with Gasteiger partial charge in [0.25, 0.3) is 0 Å². The van der Waals surface area contributed by atoms with Gasteiger partial charge in [0.05, 0.1) is 5.56 Å². The first-order chi connectivity index (χ1) is 9.97. The van der Waals surface area contributed by atoms with E-state index in [0.717, 1.165) is 6.07 Å². The number of carbonyl (C=O) groups is 1. The second-order valence-electron chi connectivity index (χ2n) is 4.81. The maximum Gasteiger partial charge on any atom is 0.335 e. The molecule has 1 heterocycles. The molecule has 1 aromatic heterocycles. The summed E-state index contributed by atoms with van der Waals surface area (Å²) in [5, 5.41) is 9.74. The third kappa shape index (κ3) is 2.16. The number of halogens is 2. The lowest BCUT2D eigenvalue weighted by Crippen LogP contribution is -1.96. The number of aryl methyl sites for hydroxylation is 1. The van der Waals surface area contributed by atoms with Gasteiger partial charge in [-0.05, 0) is 24.3 Å². The van der Waals surface area contributed by atoms with E-state index in [1.54, 1.807) is 23.9 Å². The molecule has 0 amide bonds. The SMILES string of the molecule is Cn1cc(-c2ccc(F)cc2F)c2ccc(C(=O)O)cc21. The smallest absolute Gasteiger partial charge is 0.335 e. The van der Waals surface area contributed by atoms with Gasteiger partial charge in [0, 0.05) is 41.3 Å². The maximum absolute atomic E-state index is 13.9. The van der Waals surface area contributed by atoms with Crippen LogP contribution in [0.2, 0.25) is 0 Å². The van der Waals surface area contributed by atoms with Crippen molar-refractivity contribution in [2.45, 2.75) is 0 Å². The molecule has 0 atom stereocenters. The Balaban J connectivity index is 2.27. The quantitative estimate of drug-likeness (QED) is 0.778. The molecule has 2 aromatic carbocycles. The molecule has 3 nitrogen and oxygen atoms in total. The number of hydrogen-bond acceptors (Lipinski definition) is 1. The van der Waals surface area contributed by atoms with Crippen LogP contribution >= 0.6 is 0 Å². The average molecular weight is 287 g/mol. The Kier molecular flexibility index (Phi) is 2.97. The van der Waals surface area contributed by atoms with E-state index in [-0.39, 0.29) is 11.1 Å². The van der Waals surface area contributed by atoms with Crippen LogP contribution in [0.1, 0.15) is 10.4 Å². The monoisotopic (exact) mass is 287 g/mol. The lowest BCUT2D eigenvalue weighted by Gasteiger charge is -2.02. The van der Waals surface area contributed by atoms with Crippen molar-refractivity contribution in [2.75, 3.05) is 0 Å². The number of benzene rings is 2. The van der Waals surface area contributed by atoms with Crippen LogP contribution in [-0.2, 0) is 7.05 Å². The van der Waals surface area contributed by atoms with E-state index < -0.39 is 17.6 Å². The van der Waals surface area contributed by atoms with Crippen LogP contribution in [0.5, 0.6) is 0 Å². The molecular formula is C16H11F2NO2. The number of aromatic carboxylic acids is 1. The Hall–Kier alpha value is -2.69. The third-order valence-corrected chi connectivity index (χ3v) is 3.46. The number of rotatable bonds is 2. The molecule has 0 aliphatic heterocycles. The predicted molar refractivity (Wildman–Crippen MR) is 75.2 cm³/mol. The third-order valence-electron chi connectivity index (χ3n) is 3.46. The number of fused-ring (bicyclic) bond motifs is 1. The second-order valence-corrected chi connectivity index (χ2v) is 4.81. The summed E-state index contributed by atoms with van der Waals surface area (Å²) >= 11 is 0. The summed E-state index contributed by atoms with van der Waals surface area (Å²) in [4.78, 5) is 11.0. The van der Waals surface area contributed by atoms with Gasteiger partial charge in [-0.1, -0.05) is 6.07 Å². The van der Waals surface area contributed by atoms with E-state index >= 15 is 0 Å². The maximum atomic E-state index is 13.9. The summed E-state index contributed by atoms with van der Waals surface area (Å²) < 4.78 is 28.7. The van der Waals surface area contributed by atoms with Crippen molar-refractivity contribution in [3.8, 4) is 11.1 Å². The molecule has 3 rings (SSSR count). The second kappa shape index (κ2) is 4.70. The number of carboxylic acids is 1. The van der Waals surface area contributed by atoms with E-state index in [2.05, 4.69) is 0 Å². The van der Waals surface area contributed by atoms with Gasteiger partial charge in [-0.3, -0.25) is 0 Å². The first-order valence-corrected chi connectivity index (χ1v) is 6.25. The van der Waals surface area contributed by atoms with E-state index in [0.29, 0.717) is 16.5 Å². The molecule has 0 saturated heterocycles. The Morgan fingerprint density at radius 3 is 2.52 bits per heavy atom. The number of nitrogens with zero attached hydrogens (tertiary/aromatic N) is 1. The summed E-state index contributed by atoms with van der Waals surface area (Å²) in [6.45, 7) is 0. The summed E-state index contributed by atoms with van der Waals surface area (Å²) in [6.07, 6.45) is 1.70. The van der Waals surface area contributed by atoms with Crippen molar-refractivity contribution in [3.63, 3.8) is 0 Å². The van der Waals surface area contributed by atoms with Crippen LogP contribution < -0.4 is 0 Å². The zero-order valence-corrected chi connectivity index (χ0v) is 11.1. The molecule has 0 radical (unpaired) electrons. The van der Waals surface area contributed by atoms with Crippen molar-refractivity contribution >= 4 is 16.9 Å². The minimum atomic E-state index is -1.02. The van der Waals surface area contributed by atoms with Gasteiger partial charge in [0.1, 0.15) is 11.6 Å². The highest BCUT2D eigenvalue weighted by Gasteiger charge is 2.14. The Labute approximate surface area is 119 Å². The molecule has 0 unspecified atom stereocenters.